The third kappa shape index (κ3) is 5.76. The van der Waals surface area contributed by atoms with Gasteiger partial charge in [0.2, 0.25) is 5.91 Å². The van der Waals surface area contributed by atoms with E-state index >= 15 is 0 Å². The van der Waals surface area contributed by atoms with E-state index in [2.05, 4.69) is 30.9 Å². The summed E-state index contributed by atoms with van der Waals surface area (Å²) < 4.78 is 11.2. The highest BCUT2D eigenvalue weighted by molar-refractivity contribution is 5.92. The van der Waals surface area contributed by atoms with Gasteiger partial charge in [0, 0.05) is 37.9 Å². The van der Waals surface area contributed by atoms with Crippen LogP contribution < -0.4 is 14.4 Å². The molecule has 0 saturated carbocycles. The fourth-order valence-corrected chi connectivity index (χ4v) is 3.26. The number of para-hydroxylation sites is 1. The maximum absolute atomic E-state index is 12.6. The van der Waals surface area contributed by atoms with Crippen LogP contribution in [-0.2, 0) is 4.79 Å². The van der Waals surface area contributed by atoms with Crippen molar-refractivity contribution in [1.82, 2.24) is 4.90 Å². The molecule has 154 valence electrons. The Morgan fingerprint density at radius 1 is 1.03 bits per heavy atom. The minimum atomic E-state index is 0.0387. The number of carbonyl (C=O) groups is 1. The number of amides is 1. The van der Waals surface area contributed by atoms with Crippen molar-refractivity contribution < 1.29 is 14.3 Å². The molecule has 0 aliphatic carbocycles. The van der Waals surface area contributed by atoms with Gasteiger partial charge in [-0.25, -0.2) is 0 Å². The highest BCUT2D eigenvalue weighted by Crippen LogP contribution is 2.29. The van der Waals surface area contributed by atoms with Gasteiger partial charge in [-0.15, -0.1) is 0 Å². The molecule has 1 heterocycles. The van der Waals surface area contributed by atoms with Crippen molar-refractivity contribution in [3.63, 3.8) is 0 Å². The van der Waals surface area contributed by atoms with Crippen molar-refractivity contribution in [3.05, 3.63) is 60.2 Å². The Morgan fingerprint density at radius 2 is 1.76 bits per heavy atom. The van der Waals surface area contributed by atoms with Gasteiger partial charge in [0.05, 0.1) is 13.7 Å². The smallest absolute Gasteiger partial charge is 0.246 e. The number of methoxy groups -OCH3 is 1. The van der Waals surface area contributed by atoms with Crippen LogP contribution in [0, 0.1) is 5.92 Å². The molecule has 5 heteroatoms. The Balaban J connectivity index is 1.56. The molecule has 2 aromatic rings. The molecule has 0 aromatic heterocycles. The maximum Gasteiger partial charge on any atom is 0.246 e. The molecule has 3 rings (SSSR count). The standard InChI is InChI=1S/C24H30N2O3/c1-19(2)18-29-22-11-9-20(17-23(22)28-3)10-12-24(27)26-15-13-25(14-16-26)21-7-5-4-6-8-21/h4-12,17,19H,13-16,18H2,1-3H3/b12-10+. The van der Waals surface area contributed by atoms with Crippen LogP contribution in [0.15, 0.2) is 54.6 Å². The van der Waals surface area contributed by atoms with Gasteiger partial charge in [0.15, 0.2) is 11.5 Å². The lowest BCUT2D eigenvalue weighted by atomic mass is 10.1. The number of hydrogen-bond donors (Lipinski definition) is 0. The van der Waals surface area contributed by atoms with E-state index in [0.29, 0.717) is 18.3 Å². The van der Waals surface area contributed by atoms with Crippen LogP contribution in [0.2, 0.25) is 0 Å². The van der Waals surface area contributed by atoms with Crippen molar-refractivity contribution in [3.8, 4) is 11.5 Å². The zero-order valence-electron chi connectivity index (χ0n) is 17.5. The average Bonchev–Trinajstić information content (AvgIpc) is 2.77. The second-order valence-corrected chi connectivity index (χ2v) is 7.60. The largest absolute Gasteiger partial charge is 0.493 e. The normalized spacial score (nSPS) is 14.5. The van der Waals surface area contributed by atoms with Gasteiger partial charge in [-0.3, -0.25) is 4.79 Å². The lowest BCUT2D eigenvalue weighted by Gasteiger charge is -2.35. The monoisotopic (exact) mass is 394 g/mol. The van der Waals surface area contributed by atoms with Crippen LogP contribution in [0.3, 0.4) is 0 Å². The van der Waals surface area contributed by atoms with E-state index in [4.69, 9.17) is 9.47 Å². The van der Waals surface area contributed by atoms with E-state index in [1.54, 1.807) is 13.2 Å². The molecule has 0 unspecified atom stereocenters. The molecule has 0 atom stereocenters. The number of carbonyl (C=O) groups excluding carboxylic acids is 1. The van der Waals surface area contributed by atoms with E-state index in [9.17, 15) is 4.79 Å². The van der Waals surface area contributed by atoms with Crippen molar-refractivity contribution in [2.75, 3.05) is 44.8 Å². The Kier molecular flexibility index (Phi) is 7.17. The summed E-state index contributed by atoms with van der Waals surface area (Å²) in [6, 6.07) is 16.1. The molecule has 1 saturated heterocycles. The van der Waals surface area contributed by atoms with Gasteiger partial charge in [-0.1, -0.05) is 38.1 Å². The molecule has 1 fully saturated rings. The third-order valence-corrected chi connectivity index (χ3v) is 4.89. The summed E-state index contributed by atoms with van der Waals surface area (Å²) in [6.45, 7) is 7.99. The molecule has 2 aromatic carbocycles. The molecule has 0 bridgehead atoms. The van der Waals surface area contributed by atoms with Crippen LogP contribution in [0.25, 0.3) is 6.08 Å². The van der Waals surface area contributed by atoms with Crippen LogP contribution in [0.5, 0.6) is 11.5 Å². The van der Waals surface area contributed by atoms with Crippen LogP contribution in [0.4, 0.5) is 5.69 Å². The van der Waals surface area contributed by atoms with Crippen molar-refractivity contribution in [2.24, 2.45) is 5.92 Å². The van der Waals surface area contributed by atoms with Crippen LogP contribution in [0.1, 0.15) is 19.4 Å². The number of nitrogens with zero attached hydrogens (tertiary/aromatic N) is 2. The lowest BCUT2D eigenvalue weighted by Crippen LogP contribution is -2.48. The molecule has 29 heavy (non-hydrogen) atoms. The Bertz CT molecular complexity index is 825. The zero-order valence-corrected chi connectivity index (χ0v) is 17.5. The topological polar surface area (TPSA) is 42.0 Å². The van der Waals surface area contributed by atoms with Gasteiger partial charge in [-0.05, 0) is 41.8 Å². The molecule has 0 N–H and O–H groups in total. The first kappa shape index (κ1) is 20.8. The van der Waals surface area contributed by atoms with E-state index in [-0.39, 0.29) is 5.91 Å². The summed E-state index contributed by atoms with van der Waals surface area (Å²) in [4.78, 5) is 16.8. The minimum Gasteiger partial charge on any atom is -0.493 e. The first-order valence-corrected chi connectivity index (χ1v) is 10.1. The Morgan fingerprint density at radius 3 is 2.41 bits per heavy atom. The van der Waals surface area contributed by atoms with Gasteiger partial charge in [-0.2, -0.15) is 0 Å². The van der Waals surface area contributed by atoms with E-state index < -0.39 is 0 Å². The van der Waals surface area contributed by atoms with Gasteiger partial charge < -0.3 is 19.3 Å². The highest BCUT2D eigenvalue weighted by atomic mass is 16.5. The molecule has 0 spiro atoms. The molecule has 1 aliphatic rings. The zero-order chi connectivity index (χ0) is 20.6. The van der Waals surface area contributed by atoms with Crippen molar-refractivity contribution in [1.29, 1.82) is 0 Å². The second kappa shape index (κ2) is 10.0. The Labute approximate surface area is 173 Å². The average molecular weight is 395 g/mol. The van der Waals surface area contributed by atoms with Crippen molar-refractivity contribution >= 4 is 17.7 Å². The highest BCUT2D eigenvalue weighted by Gasteiger charge is 2.19. The number of ether oxygens (including phenoxy) is 2. The molecular formula is C24H30N2O3. The van der Waals surface area contributed by atoms with E-state index in [0.717, 1.165) is 37.5 Å². The summed E-state index contributed by atoms with van der Waals surface area (Å²) >= 11 is 0. The summed E-state index contributed by atoms with van der Waals surface area (Å²) in [5.41, 5.74) is 2.12. The molecule has 1 amide bonds. The summed E-state index contributed by atoms with van der Waals surface area (Å²) in [5, 5.41) is 0. The van der Waals surface area contributed by atoms with E-state index in [1.807, 2.05) is 47.4 Å². The van der Waals surface area contributed by atoms with Gasteiger partial charge in [0.25, 0.3) is 0 Å². The predicted molar refractivity (Wildman–Crippen MR) is 118 cm³/mol. The number of piperazine rings is 1. The fourth-order valence-electron chi connectivity index (χ4n) is 3.26. The van der Waals surface area contributed by atoms with Crippen LogP contribution in [-0.4, -0.2) is 50.7 Å². The van der Waals surface area contributed by atoms with Crippen LogP contribution >= 0.6 is 0 Å². The predicted octanol–water partition coefficient (Wildman–Crippen LogP) is 4.09. The quantitative estimate of drug-likeness (QED) is 0.664. The molecule has 5 nitrogen and oxygen atoms in total. The first-order valence-electron chi connectivity index (χ1n) is 10.1. The summed E-state index contributed by atoms with van der Waals surface area (Å²) in [6.07, 6.45) is 3.47. The lowest BCUT2D eigenvalue weighted by molar-refractivity contribution is -0.126. The first-order chi connectivity index (χ1) is 14.1. The number of anilines is 1. The minimum absolute atomic E-state index is 0.0387. The molecule has 0 radical (unpaired) electrons. The SMILES string of the molecule is COc1cc(/C=C/C(=O)N2CCN(c3ccccc3)CC2)ccc1OCC(C)C. The van der Waals surface area contributed by atoms with Crippen molar-refractivity contribution in [2.45, 2.75) is 13.8 Å². The second-order valence-electron chi connectivity index (χ2n) is 7.60. The Hall–Kier alpha value is -2.95. The number of benzene rings is 2. The summed E-state index contributed by atoms with van der Waals surface area (Å²) in [5.74, 6) is 1.88. The van der Waals surface area contributed by atoms with Gasteiger partial charge >= 0.3 is 0 Å². The third-order valence-electron chi connectivity index (χ3n) is 4.89. The number of hydrogen-bond acceptors (Lipinski definition) is 4. The van der Waals surface area contributed by atoms with E-state index in [1.165, 1.54) is 5.69 Å². The maximum atomic E-state index is 12.6. The number of rotatable bonds is 7. The molecular weight excluding hydrogens is 364 g/mol. The molecule has 1 aliphatic heterocycles. The summed E-state index contributed by atoms with van der Waals surface area (Å²) in [7, 11) is 1.63. The fraction of sp³-hybridized carbons (Fsp3) is 0.375. The van der Waals surface area contributed by atoms with Gasteiger partial charge in [0.1, 0.15) is 0 Å².